The third-order valence-corrected chi connectivity index (χ3v) is 2.96. The highest BCUT2D eigenvalue weighted by atomic mass is 35.5. The van der Waals surface area contributed by atoms with Gasteiger partial charge in [0, 0.05) is 12.1 Å². The minimum Gasteiger partial charge on any atom is -0.388 e. The van der Waals surface area contributed by atoms with Crippen LogP contribution in [0.5, 0.6) is 0 Å². The van der Waals surface area contributed by atoms with E-state index in [0.29, 0.717) is 12.0 Å². The normalized spacial score (nSPS) is 12.4. The monoisotopic (exact) mass is 257 g/mol. The average molecular weight is 258 g/mol. The number of hydrogen-bond donors (Lipinski definition) is 1. The Morgan fingerprint density at radius 3 is 2.71 bits per heavy atom. The molecule has 1 rings (SSSR count). The molecule has 0 aliphatic rings. The van der Waals surface area contributed by atoms with Gasteiger partial charge in [-0.25, -0.2) is 0 Å². The number of non-ortho nitro benzene ring substituents is 1. The highest BCUT2D eigenvalue weighted by Crippen LogP contribution is 2.29. The molecule has 0 fully saturated rings. The van der Waals surface area contributed by atoms with Crippen LogP contribution in [0.3, 0.4) is 0 Å². The predicted molar refractivity (Wildman–Crippen MR) is 67.2 cm³/mol. The summed E-state index contributed by atoms with van der Waals surface area (Å²) >= 11 is 5.92. The highest BCUT2D eigenvalue weighted by Gasteiger charge is 2.15. The molecule has 0 amide bonds. The number of hydrogen-bond acceptors (Lipinski definition) is 3. The summed E-state index contributed by atoms with van der Waals surface area (Å²) in [6.07, 6.45) is 3.05. The molecule has 17 heavy (non-hydrogen) atoms. The topological polar surface area (TPSA) is 63.4 Å². The third-order valence-electron chi connectivity index (χ3n) is 2.63. The van der Waals surface area contributed by atoms with Gasteiger partial charge in [0.1, 0.15) is 0 Å². The van der Waals surface area contributed by atoms with Gasteiger partial charge in [-0.15, -0.1) is 0 Å². The molecular formula is C12H16ClNO3. The van der Waals surface area contributed by atoms with Crippen molar-refractivity contribution in [3.8, 4) is 0 Å². The van der Waals surface area contributed by atoms with E-state index in [-0.39, 0.29) is 10.7 Å². The number of nitro benzene ring substituents is 1. The number of nitrogens with zero attached hydrogens (tertiary/aromatic N) is 1. The number of halogens is 1. The van der Waals surface area contributed by atoms with Gasteiger partial charge in [0.15, 0.2) is 0 Å². The van der Waals surface area contributed by atoms with Gasteiger partial charge in [-0.2, -0.15) is 0 Å². The van der Waals surface area contributed by atoms with Gasteiger partial charge in [0.25, 0.3) is 5.69 Å². The maximum absolute atomic E-state index is 10.5. The lowest BCUT2D eigenvalue weighted by Gasteiger charge is -2.12. The summed E-state index contributed by atoms with van der Waals surface area (Å²) in [6, 6.07) is 4.17. The van der Waals surface area contributed by atoms with Crippen molar-refractivity contribution in [1.82, 2.24) is 0 Å². The molecule has 1 unspecified atom stereocenters. The number of aliphatic hydroxyl groups is 1. The Bertz CT molecular complexity index is 395. The van der Waals surface area contributed by atoms with Crippen molar-refractivity contribution >= 4 is 17.3 Å². The van der Waals surface area contributed by atoms with Crippen molar-refractivity contribution in [2.24, 2.45) is 0 Å². The molecule has 1 aromatic rings. The Kier molecular flexibility index (Phi) is 5.38. The molecule has 0 bridgehead atoms. The number of rotatable bonds is 6. The summed E-state index contributed by atoms with van der Waals surface area (Å²) in [5.41, 5.74) is 0.507. The number of unbranched alkanes of at least 4 members (excludes halogenated alkanes) is 2. The Morgan fingerprint density at radius 2 is 2.18 bits per heavy atom. The summed E-state index contributed by atoms with van der Waals surface area (Å²) in [7, 11) is 0. The van der Waals surface area contributed by atoms with Crippen molar-refractivity contribution in [3.63, 3.8) is 0 Å². The van der Waals surface area contributed by atoms with Crippen LogP contribution < -0.4 is 0 Å². The quantitative estimate of drug-likeness (QED) is 0.478. The van der Waals surface area contributed by atoms with Gasteiger partial charge >= 0.3 is 0 Å². The van der Waals surface area contributed by atoms with Crippen LogP contribution in [-0.4, -0.2) is 10.0 Å². The van der Waals surface area contributed by atoms with Gasteiger partial charge in [0.2, 0.25) is 0 Å². The summed E-state index contributed by atoms with van der Waals surface area (Å²) in [4.78, 5) is 10.0. The first-order valence-electron chi connectivity index (χ1n) is 5.68. The maximum Gasteiger partial charge on any atom is 0.270 e. The molecule has 0 aliphatic heterocycles. The van der Waals surface area contributed by atoms with Gasteiger partial charge in [-0.05, 0) is 18.1 Å². The molecule has 1 atom stereocenters. The molecule has 0 radical (unpaired) electrons. The van der Waals surface area contributed by atoms with E-state index in [2.05, 4.69) is 6.92 Å². The smallest absolute Gasteiger partial charge is 0.270 e. The second-order valence-electron chi connectivity index (χ2n) is 3.97. The van der Waals surface area contributed by atoms with E-state index in [4.69, 9.17) is 11.6 Å². The lowest BCUT2D eigenvalue weighted by Crippen LogP contribution is -1.99. The van der Waals surface area contributed by atoms with Gasteiger partial charge < -0.3 is 5.11 Å². The van der Waals surface area contributed by atoms with Crippen molar-refractivity contribution in [2.45, 2.75) is 38.7 Å². The summed E-state index contributed by atoms with van der Waals surface area (Å²) < 4.78 is 0. The van der Waals surface area contributed by atoms with E-state index in [1.807, 2.05) is 0 Å². The van der Waals surface area contributed by atoms with Crippen molar-refractivity contribution in [3.05, 3.63) is 38.9 Å². The van der Waals surface area contributed by atoms with Crippen molar-refractivity contribution < 1.29 is 10.0 Å². The fraction of sp³-hybridized carbons (Fsp3) is 0.500. The second kappa shape index (κ2) is 6.57. The fourth-order valence-electron chi connectivity index (χ4n) is 1.64. The van der Waals surface area contributed by atoms with Crippen LogP contribution in [0.25, 0.3) is 0 Å². The molecule has 0 aromatic heterocycles. The Morgan fingerprint density at radius 1 is 1.47 bits per heavy atom. The first-order valence-corrected chi connectivity index (χ1v) is 6.06. The third kappa shape index (κ3) is 3.98. The standard InChI is InChI=1S/C12H16ClNO3/c1-2-3-4-5-12(15)10-7-6-9(14(16)17)8-11(10)13/h6-8,12,15H,2-5H2,1H3. The summed E-state index contributed by atoms with van der Waals surface area (Å²) in [5, 5.41) is 20.7. The molecule has 0 spiro atoms. The lowest BCUT2D eigenvalue weighted by molar-refractivity contribution is -0.384. The van der Waals surface area contributed by atoms with E-state index < -0.39 is 11.0 Å². The van der Waals surface area contributed by atoms with E-state index in [1.165, 1.54) is 18.2 Å². The van der Waals surface area contributed by atoms with Crippen molar-refractivity contribution in [2.75, 3.05) is 0 Å². The summed E-state index contributed by atoms with van der Waals surface area (Å²) in [5.74, 6) is 0. The average Bonchev–Trinajstić information content (AvgIpc) is 2.28. The Balaban J connectivity index is 2.74. The molecule has 0 saturated carbocycles. The van der Waals surface area contributed by atoms with Crippen molar-refractivity contribution in [1.29, 1.82) is 0 Å². The minimum atomic E-state index is -0.644. The molecule has 5 heteroatoms. The Labute approximate surface area is 105 Å². The maximum atomic E-state index is 10.5. The molecule has 1 aromatic carbocycles. The van der Waals surface area contributed by atoms with Crippen LogP contribution >= 0.6 is 11.6 Å². The highest BCUT2D eigenvalue weighted by molar-refractivity contribution is 6.31. The van der Waals surface area contributed by atoms with E-state index in [1.54, 1.807) is 0 Å². The van der Waals surface area contributed by atoms with Crippen LogP contribution in [0, 0.1) is 10.1 Å². The first-order chi connectivity index (χ1) is 8.06. The fourth-order valence-corrected chi connectivity index (χ4v) is 1.94. The zero-order chi connectivity index (χ0) is 12.8. The molecular weight excluding hydrogens is 242 g/mol. The molecule has 4 nitrogen and oxygen atoms in total. The van der Waals surface area contributed by atoms with Crippen LogP contribution in [0.1, 0.15) is 44.3 Å². The largest absolute Gasteiger partial charge is 0.388 e. The van der Waals surface area contributed by atoms with Crippen LogP contribution in [0.2, 0.25) is 5.02 Å². The summed E-state index contributed by atoms with van der Waals surface area (Å²) in [6.45, 7) is 2.09. The van der Waals surface area contributed by atoms with E-state index >= 15 is 0 Å². The van der Waals surface area contributed by atoms with Gasteiger partial charge in [-0.3, -0.25) is 10.1 Å². The van der Waals surface area contributed by atoms with Crippen LogP contribution in [0.4, 0.5) is 5.69 Å². The lowest BCUT2D eigenvalue weighted by atomic mass is 10.0. The molecule has 1 N–H and O–H groups in total. The predicted octanol–water partition coefficient (Wildman–Crippen LogP) is 3.86. The zero-order valence-corrected chi connectivity index (χ0v) is 10.5. The molecule has 0 aliphatic carbocycles. The zero-order valence-electron chi connectivity index (χ0n) is 9.73. The molecule has 0 heterocycles. The SMILES string of the molecule is CCCCCC(O)c1ccc([N+](=O)[O-])cc1Cl. The van der Waals surface area contributed by atoms with E-state index in [9.17, 15) is 15.2 Å². The molecule has 0 saturated heterocycles. The van der Waals surface area contributed by atoms with Gasteiger partial charge in [-0.1, -0.05) is 37.8 Å². The first kappa shape index (κ1) is 13.9. The number of aliphatic hydroxyl groups excluding tert-OH is 1. The van der Waals surface area contributed by atoms with Gasteiger partial charge in [0.05, 0.1) is 16.0 Å². The Hall–Kier alpha value is -1.13. The van der Waals surface area contributed by atoms with Crippen LogP contribution in [-0.2, 0) is 0 Å². The van der Waals surface area contributed by atoms with Crippen LogP contribution in [0.15, 0.2) is 18.2 Å². The number of benzene rings is 1. The molecule has 94 valence electrons. The van der Waals surface area contributed by atoms with E-state index in [0.717, 1.165) is 19.3 Å². The second-order valence-corrected chi connectivity index (χ2v) is 4.38. The minimum absolute atomic E-state index is 0.0560. The number of nitro groups is 1.